The molecule has 2 unspecified atom stereocenters. The topological polar surface area (TPSA) is 57.9 Å². The van der Waals surface area contributed by atoms with E-state index in [1.54, 1.807) is 18.2 Å². The van der Waals surface area contributed by atoms with Gasteiger partial charge < -0.3 is 0 Å². The molecule has 7 rings (SSSR count). The number of carbonyl (C=O) groups is 2. The number of halogens is 3. The van der Waals surface area contributed by atoms with Crippen LogP contribution in [0, 0.1) is 28.8 Å². The number of carbonyl (C=O) groups excluding carboxylic acids is 2. The van der Waals surface area contributed by atoms with Crippen molar-refractivity contribution in [2.75, 3.05) is 0 Å². The minimum absolute atomic E-state index is 0.0146. The van der Waals surface area contributed by atoms with Gasteiger partial charge in [-0.3, -0.25) is 9.59 Å². The number of hydrogen-bond acceptors (Lipinski definition) is 3. The Morgan fingerprint density at radius 3 is 1.90 bits per heavy atom. The highest BCUT2D eigenvalue weighted by molar-refractivity contribution is 6.84. The van der Waals surface area contributed by atoms with E-state index in [0.717, 1.165) is 40.4 Å². The molecule has 0 bridgehead atoms. The normalized spacial score (nSPS) is 16.3. The van der Waals surface area contributed by atoms with Crippen LogP contribution >= 0.6 is 0 Å². The number of nitriles is 1. The Bertz CT molecular complexity index is 2110. The van der Waals surface area contributed by atoms with E-state index >= 15 is 0 Å². The van der Waals surface area contributed by atoms with Crippen molar-refractivity contribution in [3.63, 3.8) is 0 Å². The first-order valence-electron chi connectivity index (χ1n) is 17.2. The van der Waals surface area contributed by atoms with Crippen molar-refractivity contribution in [2.24, 2.45) is 0 Å². The zero-order valence-electron chi connectivity index (χ0n) is 28.4. The first-order valence-corrected chi connectivity index (χ1v) is 19.9. The van der Waals surface area contributed by atoms with E-state index in [9.17, 15) is 22.8 Å². The molecule has 2 atom stereocenters. The number of benzene rings is 5. The summed E-state index contributed by atoms with van der Waals surface area (Å²) in [5.74, 6) is -2.77. The summed E-state index contributed by atoms with van der Waals surface area (Å²) in [6.45, 7) is 6.40. The molecule has 50 heavy (non-hydrogen) atoms. The minimum atomic E-state index is -1.87. The van der Waals surface area contributed by atoms with Crippen molar-refractivity contribution in [1.82, 2.24) is 0 Å². The van der Waals surface area contributed by atoms with Gasteiger partial charge in [0.15, 0.2) is 23.2 Å². The van der Waals surface area contributed by atoms with E-state index in [2.05, 4.69) is 20.8 Å². The maximum atomic E-state index is 14.8. The van der Waals surface area contributed by atoms with Crippen molar-refractivity contribution >= 4 is 19.6 Å². The van der Waals surface area contributed by atoms with Crippen LogP contribution in [0.2, 0.25) is 23.7 Å². The molecule has 0 heterocycles. The Labute approximate surface area is 292 Å². The molecule has 0 aliphatic heterocycles. The molecule has 3 nitrogen and oxygen atoms in total. The summed E-state index contributed by atoms with van der Waals surface area (Å²) in [7, 11) is -1.87. The number of fused-ring (bicyclic) bond motifs is 2. The zero-order valence-corrected chi connectivity index (χ0v) is 29.4. The van der Waals surface area contributed by atoms with E-state index in [0.29, 0.717) is 35.1 Å². The lowest BCUT2D eigenvalue weighted by molar-refractivity contribution is 0.0967. The average molecular weight is 686 g/mol. The molecular weight excluding hydrogens is 648 g/mol. The lowest BCUT2D eigenvalue weighted by Gasteiger charge is -2.33. The first kappa shape index (κ1) is 34.8. The van der Waals surface area contributed by atoms with Crippen LogP contribution in [0.5, 0.6) is 0 Å². The van der Waals surface area contributed by atoms with Gasteiger partial charge in [-0.1, -0.05) is 118 Å². The third kappa shape index (κ3) is 6.25. The molecule has 0 saturated carbocycles. The molecule has 0 radical (unpaired) electrons. The van der Waals surface area contributed by atoms with Gasteiger partial charge in [-0.25, -0.2) is 13.2 Å². The second-order valence-electron chi connectivity index (χ2n) is 13.2. The summed E-state index contributed by atoms with van der Waals surface area (Å²) < 4.78 is 43.7. The van der Waals surface area contributed by atoms with Gasteiger partial charge in [-0.05, 0) is 70.5 Å². The van der Waals surface area contributed by atoms with Crippen LogP contribution in [0.15, 0.2) is 103 Å². The van der Waals surface area contributed by atoms with Crippen LogP contribution in [0.4, 0.5) is 13.2 Å². The Hall–Kier alpha value is -5.06. The second-order valence-corrected chi connectivity index (χ2v) is 18.8. The number of nitrogens with zero attached hydrogens (tertiary/aromatic N) is 1. The Balaban J connectivity index is 0.000000175. The van der Waals surface area contributed by atoms with Gasteiger partial charge in [-0.2, -0.15) is 5.26 Å². The SMILES string of the molecule is CC[Si](CC)(CC)C1Cc2cc(F)c(F)c(-c3cccc(C#N)c3)c2C1=O.O=C1c2c(F)cc(-c3ccccc3)cc2CC1c1ccccc1. The van der Waals surface area contributed by atoms with Crippen molar-refractivity contribution in [1.29, 1.82) is 5.26 Å². The van der Waals surface area contributed by atoms with Gasteiger partial charge in [-0.15, -0.1) is 0 Å². The van der Waals surface area contributed by atoms with E-state index in [1.165, 1.54) is 18.2 Å². The van der Waals surface area contributed by atoms with Gasteiger partial charge in [0.1, 0.15) is 5.82 Å². The molecule has 0 fully saturated rings. The van der Waals surface area contributed by atoms with Crippen molar-refractivity contribution in [2.45, 2.75) is 63.2 Å². The summed E-state index contributed by atoms with van der Waals surface area (Å²) in [5, 5.41) is 9.14. The lowest BCUT2D eigenvalue weighted by Crippen LogP contribution is -2.40. The van der Waals surface area contributed by atoms with Crippen LogP contribution in [-0.2, 0) is 12.8 Å². The van der Waals surface area contributed by atoms with Gasteiger partial charge in [0, 0.05) is 16.7 Å². The third-order valence-corrected chi connectivity index (χ3v) is 17.1. The second kappa shape index (κ2) is 14.4. The number of ketones is 2. The maximum Gasteiger partial charge on any atom is 0.173 e. The molecule has 0 amide bonds. The van der Waals surface area contributed by atoms with Crippen LogP contribution in [-0.4, -0.2) is 19.6 Å². The number of rotatable bonds is 7. The van der Waals surface area contributed by atoms with Crippen molar-refractivity contribution in [3.05, 3.63) is 154 Å². The molecular formula is C43H38F3NO2Si. The molecule has 0 saturated heterocycles. The maximum absolute atomic E-state index is 14.8. The molecule has 0 aromatic heterocycles. The molecule has 252 valence electrons. The Kier molecular flexibility index (Phi) is 10.0. The van der Waals surface area contributed by atoms with E-state index in [-0.39, 0.29) is 34.2 Å². The molecule has 0 N–H and O–H groups in total. The van der Waals surface area contributed by atoms with Gasteiger partial charge in [0.2, 0.25) is 0 Å². The summed E-state index contributed by atoms with van der Waals surface area (Å²) in [6.07, 6.45) is 1.06. The summed E-state index contributed by atoms with van der Waals surface area (Å²) in [6, 6.07) is 35.3. The van der Waals surface area contributed by atoms with Crippen LogP contribution < -0.4 is 0 Å². The summed E-state index contributed by atoms with van der Waals surface area (Å²) >= 11 is 0. The van der Waals surface area contributed by atoms with Gasteiger partial charge in [0.05, 0.1) is 31.2 Å². The lowest BCUT2D eigenvalue weighted by atomic mass is 9.94. The highest BCUT2D eigenvalue weighted by Crippen LogP contribution is 2.47. The van der Waals surface area contributed by atoms with Crippen LogP contribution in [0.25, 0.3) is 22.3 Å². The molecule has 7 heteroatoms. The molecule has 5 aromatic rings. The standard InChI is InChI=1S/C22H23F2NOSi.C21H15FO/c1-4-27(5-2,6-3)18-12-16-11-17(23)21(24)19(20(16)22(18)26)15-9-7-8-14(10-15)13-25;22-19-13-16(14-7-3-1-4-8-14)11-17-12-18(21(23)20(17)19)15-9-5-2-6-10-15/h7-11,18H,4-6,12H2,1-3H3;1-11,13,18H,12H2. The predicted molar refractivity (Wildman–Crippen MR) is 195 cm³/mol. The van der Waals surface area contributed by atoms with Crippen molar-refractivity contribution < 1.29 is 22.8 Å². The Morgan fingerprint density at radius 1 is 0.640 bits per heavy atom. The van der Waals surface area contributed by atoms with E-state index in [4.69, 9.17) is 5.26 Å². The molecule has 5 aromatic carbocycles. The zero-order chi connectivity index (χ0) is 35.6. The largest absolute Gasteiger partial charge is 0.294 e. The fourth-order valence-electron chi connectivity index (χ4n) is 7.95. The van der Waals surface area contributed by atoms with Crippen molar-refractivity contribution in [3.8, 4) is 28.3 Å². The van der Waals surface area contributed by atoms with E-state index in [1.807, 2.05) is 72.8 Å². The summed E-state index contributed by atoms with van der Waals surface area (Å²) in [5.41, 5.74) is 5.35. The predicted octanol–water partition coefficient (Wildman–Crippen LogP) is 11.1. The molecule has 2 aliphatic rings. The van der Waals surface area contributed by atoms with Crippen LogP contribution in [0.3, 0.4) is 0 Å². The number of Topliss-reactive ketones (excluding diaryl/α,β-unsaturated/α-hetero) is 2. The minimum Gasteiger partial charge on any atom is -0.294 e. The van der Waals surface area contributed by atoms with Crippen LogP contribution in [0.1, 0.15) is 69.7 Å². The number of hydrogen-bond donors (Lipinski definition) is 0. The average Bonchev–Trinajstić information content (AvgIpc) is 3.67. The third-order valence-electron chi connectivity index (χ3n) is 10.9. The quantitative estimate of drug-likeness (QED) is 0.160. The highest BCUT2D eigenvalue weighted by atomic mass is 28.3. The first-order chi connectivity index (χ1) is 24.2. The molecule has 2 aliphatic carbocycles. The smallest absolute Gasteiger partial charge is 0.173 e. The highest BCUT2D eigenvalue weighted by Gasteiger charge is 2.47. The van der Waals surface area contributed by atoms with Gasteiger partial charge >= 0.3 is 0 Å². The fraction of sp³-hybridized carbons (Fsp3) is 0.233. The fourth-order valence-corrected chi connectivity index (χ4v) is 12.3. The Morgan fingerprint density at radius 2 is 1.26 bits per heavy atom. The summed E-state index contributed by atoms with van der Waals surface area (Å²) in [4.78, 5) is 26.0. The molecule has 0 spiro atoms. The van der Waals surface area contributed by atoms with Gasteiger partial charge in [0.25, 0.3) is 0 Å². The van der Waals surface area contributed by atoms with E-state index < -0.39 is 25.5 Å². The monoisotopic (exact) mass is 685 g/mol.